The first-order chi connectivity index (χ1) is 7.05. The summed E-state index contributed by atoms with van der Waals surface area (Å²) in [6.45, 7) is 3.29. The lowest BCUT2D eigenvalue weighted by atomic mass is 9.90. The van der Waals surface area contributed by atoms with Gasteiger partial charge in [0.25, 0.3) is 0 Å². The summed E-state index contributed by atoms with van der Waals surface area (Å²) in [5.41, 5.74) is 0. The summed E-state index contributed by atoms with van der Waals surface area (Å²) in [4.78, 5) is 0. The van der Waals surface area contributed by atoms with Crippen molar-refractivity contribution in [2.24, 2.45) is 5.92 Å². The molecule has 0 aromatic carbocycles. The molecule has 0 aliphatic heterocycles. The van der Waals surface area contributed by atoms with Crippen molar-refractivity contribution < 1.29 is 17.9 Å². The Morgan fingerprint density at radius 3 is 2.73 bits per heavy atom. The number of rotatable bonds is 4. The lowest BCUT2D eigenvalue weighted by Gasteiger charge is -2.28. The number of ether oxygens (including phenoxy) is 1. The van der Waals surface area contributed by atoms with Crippen molar-refractivity contribution in [3.63, 3.8) is 0 Å². The molecule has 1 rings (SSSR count). The van der Waals surface area contributed by atoms with Crippen LogP contribution in [0.5, 0.6) is 0 Å². The zero-order valence-corrected chi connectivity index (χ0v) is 8.46. The van der Waals surface area contributed by atoms with E-state index in [9.17, 15) is 13.2 Å². The smallest absolute Gasteiger partial charge is 0.364 e. The van der Waals surface area contributed by atoms with Crippen LogP contribution in [0.25, 0.3) is 0 Å². The third-order valence-corrected chi connectivity index (χ3v) is 2.40. The van der Waals surface area contributed by atoms with Gasteiger partial charge in [-0.3, -0.25) is 0 Å². The lowest BCUT2D eigenvalue weighted by Crippen LogP contribution is -2.38. The molecule has 86 valence electrons. The summed E-state index contributed by atoms with van der Waals surface area (Å²) in [6.07, 6.45) is 0.966. The fourth-order valence-corrected chi connectivity index (χ4v) is 1.72. The minimum absolute atomic E-state index is 0.0610. The third-order valence-electron chi connectivity index (χ3n) is 2.40. The fraction of sp³-hybridized carbons (Fsp3) is 0.636. The standard InChI is InChI=1S/C11H15F3O/c1-2-8-15-10(11(12,13)14)9-6-4-3-5-7-9/h2,4,6,9-10H,1,3,5,7-8H2. The van der Waals surface area contributed by atoms with Gasteiger partial charge in [0.1, 0.15) is 0 Å². The van der Waals surface area contributed by atoms with Gasteiger partial charge in [-0.15, -0.1) is 6.58 Å². The molecule has 1 nitrogen and oxygen atoms in total. The highest BCUT2D eigenvalue weighted by Crippen LogP contribution is 2.33. The Morgan fingerprint density at radius 2 is 2.27 bits per heavy atom. The zero-order valence-electron chi connectivity index (χ0n) is 8.46. The first-order valence-corrected chi connectivity index (χ1v) is 5.01. The van der Waals surface area contributed by atoms with Crippen LogP contribution in [-0.4, -0.2) is 18.9 Å². The van der Waals surface area contributed by atoms with Crippen molar-refractivity contribution in [1.82, 2.24) is 0 Å². The molecule has 1 aliphatic rings. The van der Waals surface area contributed by atoms with E-state index >= 15 is 0 Å². The van der Waals surface area contributed by atoms with Crippen LogP contribution in [0, 0.1) is 5.92 Å². The Bertz CT molecular complexity index is 232. The summed E-state index contributed by atoms with van der Waals surface area (Å²) in [5, 5.41) is 0. The molecule has 0 saturated carbocycles. The van der Waals surface area contributed by atoms with Crippen LogP contribution >= 0.6 is 0 Å². The van der Waals surface area contributed by atoms with E-state index in [-0.39, 0.29) is 6.61 Å². The third kappa shape index (κ3) is 3.70. The van der Waals surface area contributed by atoms with E-state index in [1.54, 1.807) is 12.2 Å². The van der Waals surface area contributed by atoms with Gasteiger partial charge in [0.15, 0.2) is 6.10 Å². The molecule has 0 radical (unpaired) electrons. The van der Waals surface area contributed by atoms with Gasteiger partial charge in [0, 0.05) is 5.92 Å². The molecule has 15 heavy (non-hydrogen) atoms. The van der Waals surface area contributed by atoms with Crippen molar-refractivity contribution in [3.05, 3.63) is 24.8 Å². The number of alkyl halides is 3. The summed E-state index contributed by atoms with van der Waals surface area (Å²) in [5.74, 6) is -0.543. The average Bonchev–Trinajstić information content (AvgIpc) is 2.18. The molecule has 1 aliphatic carbocycles. The monoisotopic (exact) mass is 220 g/mol. The Balaban J connectivity index is 2.66. The van der Waals surface area contributed by atoms with Gasteiger partial charge >= 0.3 is 6.18 Å². The van der Waals surface area contributed by atoms with E-state index in [0.717, 1.165) is 12.8 Å². The van der Waals surface area contributed by atoms with E-state index in [1.807, 2.05) is 0 Å². The predicted molar refractivity (Wildman–Crippen MR) is 52.5 cm³/mol. The molecule has 2 atom stereocenters. The normalized spacial score (nSPS) is 23.8. The topological polar surface area (TPSA) is 9.23 Å². The van der Waals surface area contributed by atoms with E-state index in [4.69, 9.17) is 4.74 Å². The highest BCUT2D eigenvalue weighted by atomic mass is 19.4. The summed E-state index contributed by atoms with van der Waals surface area (Å²) >= 11 is 0. The predicted octanol–water partition coefficient (Wildman–Crippen LogP) is 3.48. The average molecular weight is 220 g/mol. The van der Waals surface area contributed by atoms with E-state index in [2.05, 4.69) is 6.58 Å². The molecular formula is C11H15F3O. The van der Waals surface area contributed by atoms with Crippen LogP contribution in [0.3, 0.4) is 0 Å². The van der Waals surface area contributed by atoms with Crippen LogP contribution in [0.4, 0.5) is 13.2 Å². The highest BCUT2D eigenvalue weighted by Gasteiger charge is 2.44. The van der Waals surface area contributed by atoms with E-state index < -0.39 is 18.2 Å². The second-order valence-electron chi connectivity index (χ2n) is 3.61. The van der Waals surface area contributed by atoms with E-state index in [1.165, 1.54) is 6.08 Å². The number of hydrogen-bond donors (Lipinski definition) is 0. The Hall–Kier alpha value is -0.770. The molecule has 4 heteroatoms. The second kappa shape index (κ2) is 5.35. The highest BCUT2D eigenvalue weighted by molar-refractivity contribution is 4.98. The van der Waals surface area contributed by atoms with Crippen LogP contribution in [0.1, 0.15) is 19.3 Å². The maximum Gasteiger partial charge on any atom is 0.415 e. The van der Waals surface area contributed by atoms with Crippen LogP contribution in [-0.2, 0) is 4.74 Å². The van der Waals surface area contributed by atoms with Crippen molar-refractivity contribution in [3.8, 4) is 0 Å². The van der Waals surface area contributed by atoms with Crippen molar-refractivity contribution in [1.29, 1.82) is 0 Å². The van der Waals surface area contributed by atoms with Gasteiger partial charge in [-0.25, -0.2) is 0 Å². The van der Waals surface area contributed by atoms with Crippen LogP contribution in [0.15, 0.2) is 24.8 Å². The molecule has 0 fully saturated rings. The lowest BCUT2D eigenvalue weighted by molar-refractivity contribution is -0.229. The van der Waals surface area contributed by atoms with Gasteiger partial charge in [0.05, 0.1) is 6.61 Å². The molecule has 0 heterocycles. The quantitative estimate of drug-likeness (QED) is 0.659. The molecule has 0 bridgehead atoms. The van der Waals surface area contributed by atoms with Gasteiger partial charge in [-0.05, 0) is 19.3 Å². The first-order valence-electron chi connectivity index (χ1n) is 5.01. The molecular weight excluding hydrogens is 205 g/mol. The molecule has 0 aromatic heterocycles. The zero-order chi connectivity index (χ0) is 11.3. The van der Waals surface area contributed by atoms with Gasteiger partial charge in [0.2, 0.25) is 0 Å². The Labute approximate surface area is 87.6 Å². The van der Waals surface area contributed by atoms with Gasteiger partial charge < -0.3 is 4.74 Å². The summed E-state index contributed by atoms with van der Waals surface area (Å²) in [6, 6.07) is 0. The summed E-state index contributed by atoms with van der Waals surface area (Å²) < 4.78 is 42.7. The summed E-state index contributed by atoms with van der Waals surface area (Å²) in [7, 11) is 0. The minimum Gasteiger partial charge on any atom is -0.364 e. The minimum atomic E-state index is -4.30. The fourth-order valence-electron chi connectivity index (χ4n) is 1.72. The SMILES string of the molecule is C=CCOC(C1C=CCCC1)C(F)(F)F. The molecule has 0 amide bonds. The number of halogens is 3. The van der Waals surface area contributed by atoms with E-state index in [0.29, 0.717) is 6.42 Å². The number of allylic oxidation sites excluding steroid dienone is 1. The number of hydrogen-bond acceptors (Lipinski definition) is 1. The maximum atomic E-state index is 12.6. The Morgan fingerprint density at radius 1 is 1.53 bits per heavy atom. The van der Waals surface area contributed by atoms with Crippen LogP contribution in [0.2, 0.25) is 0 Å². The van der Waals surface area contributed by atoms with Gasteiger partial charge in [-0.2, -0.15) is 13.2 Å². The first kappa shape index (κ1) is 12.3. The second-order valence-corrected chi connectivity index (χ2v) is 3.61. The Kier molecular flexibility index (Phi) is 4.39. The molecule has 0 spiro atoms. The van der Waals surface area contributed by atoms with Crippen molar-refractivity contribution in [2.75, 3.05) is 6.61 Å². The van der Waals surface area contributed by atoms with Crippen molar-refractivity contribution >= 4 is 0 Å². The molecule has 0 N–H and O–H groups in total. The van der Waals surface area contributed by atoms with Gasteiger partial charge in [-0.1, -0.05) is 18.2 Å². The maximum absolute atomic E-state index is 12.6. The van der Waals surface area contributed by atoms with Crippen molar-refractivity contribution in [2.45, 2.75) is 31.5 Å². The molecule has 0 aromatic rings. The largest absolute Gasteiger partial charge is 0.415 e. The molecule has 2 unspecified atom stereocenters. The van der Waals surface area contributed by atoms with Crippen LogP contribution < -0.4 is 0 Å². The molecule has 0 saturated heterocycles.